The Hall–Kier alpha value is 0. The third kappa shape index (κ3) is 10.0. The number of unbranched alkanes of at least 4 members (excludes halogenated alkanes) is 4. The maximum atomic E-state index is 2.25. The molecule has 0 radical (unpaired) electrons. The Morgan fingerprint density at radius 1 is 0.636 bits per heavy atom. The standard InChI is InChI=1S/C7H16.C4H8/c1-3-5-7-6-4-2;1-2-4-3-1/h3-7H2,1-2H3;1-4H2. The second kappa shape index (κ2) is 10.0. The molecule has 0 unspecified atom stereocenters. The first kappa shape index (κ1) is 11.0. The lowest BCUT2D eigenvalue weighted by molar-refractivity contribution is 0.504. The molecule has 0 spiro atoms. The summed E-state index contributed by atoms with van der Waals surface area (Å²) in [6.07, 6.45) is 13.0. The first-order valence-electron chi connectivity index (χ1n) is 5.41. The van der Waals surface area contributed by atoms with Crippen LogP contribution in [0.5, 0.6) is 0 Å². The van der Waals surface area contributed by atoms with Gasteiger partial charge in [0.2, 0.25) is 0 Å². The van der Waals surface area contributed by atoms with Gasteiger partial charge in [-0.15, -0.1) is 0 Å². The van der Waals surface area contributed by atoms with Crippen molar-refractivity contribution in [1.82, 2.24) is 0 Å². The van der Waals surface area contributed by atoms with E-state index < -0.39 is 0 Å². The molecule has 0 aromatic rings. The van der Waals surface area contributed by atoms with E-state index in [0.717, 1.165) is 0 Å². The second-order valence-electron chi connectivity index (χ2n) is 3.47. The van der Waals surface area contributed by atoms with Gasteiger partial charge in [-0.25, -0.2) is 0 Å². The largest absolute Gasteiger partial charge is 0.0654 e. The monoisotopic (exact) mass is 156 g/mol. The summed E-state index contributed by atoms with van der Waals surface area (Å²) in [5.74, 6) is 0. The van der Waals surface area contributed by atoms with E-state index in [1.54, 1.807) is 0 Å². The molecule has 0 atom stereocenters. The van der Waals surface area contributed by atoms with Crippen LogP contribution in [-0.4, -0.2) is 0 Å². The van der Waals surface area contributed by atoms with Crippen molar-refractivity contribution >= 4 is 0 Å². The SMILES string of the molecule is C1CCC1.CCCCCCC. The van der Waals surface area contributed by atoms with Gasteiger partial charge in [-0.1, -0.05) is 71.6 Å². The fraction of sp³-hybridized carbons (Fsp3) is 1.00. The van der Waals surface area contributed by atoms with Crippen molar-refractivity contribution in [2.45, 2.75) is 71.6 Å². The van der Waals surface area contributed by atoms with Gasteiger partial charge in [-0.05, 0) is 0 Å². The Balaban J connectivity index is 0.000000207. The molecule has 68 valence electrons. The maximum Gasteiger partial charge on any atom is -0.0533 e. The molecule has 0 amide bonds. The van der Waals surface area contributed by atoms with Gasteiger partial charge in [0, 0.05) is 0 Å². The Morgan fingerprint density at radius 2 is 1.00 bits per heavy atom. The van der Waals surface area contributed by atoms with Crippen LogP contribution in [0.2, 0.25) is 0 Å². The van der Waals surface area contributed by atoms with Gasteiger partial charge in [0.1, 0.15) is 0 Å². The predicted molar refractivity (Wildman–Crippen MR) is 52.9 cm³/mol. The third-order valence-electron chi connectivity index (χ3n) is 2.21. The van der Waals surface area contributed by atoms with E-state index in [2.05, 4.69) is 13.8 Å². The van der Waals surface area contributed by atoms with Crippen LogP contribution in [0.4, 0.5) is 0 Å². The molecule has 0 heterocycles. The molecule has 1 saturated carbocycles. The van der Waals surface area contributed by atoms with E-state index in [0.29, 0.717) is 0 Å². The summed E-state index contributed by atoms with van der Waals surface area (Å²) < 4.78 is 0. The molecule has 0 heteroatoms. The lowest BCUT2D eigenvalue weighted by Crippen LogP contribution is -1.85. The van der Waals surface area contributed by atoms with Crippen molar-refractivity contribution < 1.29 is 0 Å². The minimum Gasteiger partial charge on any atom is -0.0654 e. The summed E-state index contributed by atoms with van der Waals surface area (Å²) in [7, 11) is 0. The van der Waals surface area contributed by atoms with Crippen molar-refractivity contribution in [3.63, 3.8) is 0 Å². The first-order valence-corrected chi connectivity index (χ1v) is 5.41. The maximum absolute atomic E-state index is 2.25. The smallest absolute Gasteiger partial charge is 0.0533 e. The van der Waals surface area contributed by atoms with Crippen LogP contribution in [0.1, 0.15) is 71.6 Å². The van der Waals surface area contributed by atoms with E-state index in [1.807, 2.05) is 0 Å². The van der Waals surface area contributed by atoms with E-state index >= 15 is 0 Å². The molecular formula is C11H24. The van der Waals surface area contributed by atoms with Crippen molar-refractivity contribution in [2.24, 2.45) is 0 Å². The summed E-state index contributed by atoms with van der Waals surface area (Å²) in [6.45, 7) is 4.49. The highest BCUT2D eigenvalue weighted by Crippen LogP contribution is 2.15. The van der Waals surface area contributed by atoms with Crippen LogP contribution in [0, 0.1) is 0 Å². The average Bonchev–Trinajstić information content (AvgIpc) is 1.85. The quantitative estimate of drug-likeness (QED) is 0.524. The summed E-state index contributed by atoms with van der Waals surface area (Å²) in [4.78, 5) is 0. The summed E-state index contributed by atoms with van der Waals surface area (Å²) in [5.41, 5.74) is 0. The van der Waals surface area contributed by atoms with Crippen LogP contribution in [0.25, 0.3) is 0 Å². The predicted octanol–water partition coefficient (Wildman–Crippen LogP) is 4.54. The highest BCUT2D eigenvalue weighted by molar-refractivity contribution is 4.50. The first-order chi connectivity index (χ1) is 5.41. The Labute approximate surface area is 72.4 Å². The second-order valence-corrected chi connectivity index (χ2v) is 3.47. The van der Waals surface area contributed by atoms with Gasteiger partial charge in [-0.2, -0.15) is 0 Å². The number of hydrogen-bond acceptors (Lipinski definition) is 0. The molecule has 0 aromatic heterocycles. The third-order valence-corrected chi connectivity index (χ3v) is 2.21. The van der Waals surface area contributed by atoms with Gasteiger partial charge in [0.05, 0.1) is 0 Å². The molecule has 1 aliphatic rings. The summed E-state index contributed by atoms with van der Waals surface area (Å²) >= 11 is 0. The zero-order valence-electron chi connectivity index (χ0n) is 8.36. The number of rotatable bonds is 4. The molecule has 0 aromatic carbocycles. The van der Waals surface area contributed by atoms with Crippen LogP contribution >= 0.6 is 0 Å². The molecule has 0 aliphatic heterocycles. The molecule has 0 bridgehead atoms. The van der Waals surface area contributed by atoms with Gasteiger partial charge < -0.3 is 0 Å². The zero-order valence-corrected chi connectivity index (χ0v) is 8.36. The highest BCUT2D eigenvalue weighted by atomic mass is 14.0. The van der Waals surface area contributed by atoms with Crippen LogP contribution in [0.3, 0.4) is 0 Å². The van der Waals surface area contributed by atoms with E-state index in [-0.39, 0.29) is 0 Å². The molecular weight excluding hydrogens is 132 g/mol. The fourth-order valence-electron chi connectivity index (χ4n) is 0.927. The molecule has 11 heavy (non-hydrogen) atoms. The molecule has 1 rings (SSSR count). The molecule has 1 fully saturated rings. The van der Waals surface area contributed by atoms with E-state index in [4.69, 9.17) is 0 Å². The number of hydrogen-bond donors (Lipinski definition) is 0. The minimum absolute atomic E-state index is 1.36. The van der Waals surface area contributed by atoms with Crippen molar-refractivity contribution in [3.8, 4) is 0 Å². The minimum atomic E-state index is 1.36. The molecule has 1 aliphatic carbocycles. The molecule has 0 N–H and O–H groups in total. The fourth-order valence-corrected chi connectivity index (χ4v) is 0.927. The van der Waals surface area contributed by atoms with Crippen molar-refractivity contribution in [2.75, 3.05) is 0 Å². The normalized spacial score (nSPS) is 14.7. The zero-order chi connectivity index (χ0) is 8.36. The van der Waals surface area contributed by atoms with E-state index in [9.17, 15) is 0 Å². The highest BCUT2D eigenvalue weighted by Gasteiger charge is 1.95. The van der Waals surface area contributed by atoms with Gasteiger partial charge in [0.15, 0.2) is 0 Å². The topological polar surface area (TPSA) is 0 Å². The van der Waals surface area contributed by atoms with Gasteiger partial charge in [-0.3, -0.25) is 0 Å². The van der Waals surface area contributed by atoms with E-state index in [1.165, 1.54) is 57.8 Å². The van der Waals surface area contributed by atoms with Crippen LogP contribution < -0.4 is 0 Å². The summed E-state index contributed by atoms with van der Waals surface area (Å²) in [6, 6.07) is 0. The molecule has 0 nitrogen and oxygen atoms in total. The summed E-state index contributed by atoms with van der Waals surface area (Å²) in [5, 5.41) is 0. The van der Waals surface area contributed by atoms with Gasteiger partial charge >= 0.3 is 0 Å². The Bertz CT molecular complexity index is 45.1. The van der Waals surface area contributed by atoms with Crippen LogP contribution in [0.15, 0.2) is 0 Å². The lowest BCUT2D eigenvalue weighted by Gasteiger charge is -2.05. The van der Waals surface area contributed by atoms with Gasteiger partial charge in [0.25, 0.3) is 0 Å². The molecule has 0 saturated heterocycles. The Morgan fingerprint density at radius 3 is 1.18 bits per heavy atom. The Kier molecular flexibility index (Phi) is 10.0. The van der Waals surface area contributed by atoms with Crippen LogP contribution in [-0.2, 0) is 0 Å². The average molecular weight is 156 g/mol. The van der Waals surface area contributed by atoms with Crippen molar-refractivity contribution in [1.29, 1.82) is 0 Å². The van der Waals surface area contributed by atoms with Crippen molar-refractivity contribution in [3.05, 3.63) is 0 Å². The lowest BCUT2D eigenvalue weighted by atomic mass is 10.0.